The van der Waals surface area contributed by atoms with E-state index in [0.29, 0.717) is 0 Å². The van der Waals surface area contributed by atoms with Gasteiger partial charge in [0.25, 0.3) is 0 Å². The molecule has 0 saturated heterocycles. The smallest absolute Gasteiger partial charge is 0.0714 e. The number of aromatic nitrogens is 1. The number of hydrogen-bond donors (Lipinski definition) is 0. The molecule has 0 N–H and O–H groups in total. The fraction of sp³-hybridized carbons (Fsp3) is 0. The van der Waals surface area contributed by atoms with Gasteiger partial charge >= 0.3 is 0 Å². The van der Waals surface area contributed by atoms with E-state index < -0.39 is 0 Å². The number of fused-ring (bicyclic) bond motifs is 3. The van der Waals surface area contributed by atoms with Gasteiger partial charge in [-0.25, -0.2) is 0 Å². The van der Waals surface area contributed by atoms with Gasteiger partial charge < -0.3 is 0 Å². The minimum atomic E-state index is 1.04. The summed E-state index contributed by atoms with van der Waals surface area (Å²) in [5.41, 5.74) is 3.44. The molecule has 0 saturated carbocycles. The molecule has 104 valence electrons. The second-order valence-corrected chi connectivity index (χ2v) is 5.33. The zero-order valence-electron chi connectivity index (χ0n) is 12.1. The second-order valence-electron chi connectivity index (χ2n) is 5.33. The Labute approximate surface area is 129 Å². The standard InChI is InChI=1S/C21H15N/c1-2-6-16(7-3-1)10-11-18-14-15-22-20-13-12-17-8-4-5-9-19(17)21(18)20/h1-15H. The molecule has 1 nitrogen and oxygen atoms in total. The summed E-state index contributed by atoms with van der Waals surface area (Å²) in [6.07, 6.45) is 6.20. The van der Waals surface area contributed by atoms with Gasteiger partial charge in [0.15, 0.2) is 0 Å². The molecule has 0 fully saturated rings. The van der Waals surface area contributed by atoms with Crippen LogP contribution in [0.5, 0.6) is 0 Å². The maximum absolute atomic E-state index is 4.51. The van der Waals surface area contributed by atoms with Crippen LogP contribution in [0, 0.1) is 0 Å². The Morgan fingerprint density at radius 3 is 2.41 bits per heavy atom. The predicted molar refractivity (Wildman–Crippen MR) is 94.6 cm³/mol. The van der Waals surface area contributed by atoms with Gasteiger partial charge in [-0.15, -0.1) is 0 Å². The molecular formula is C21H15N. The number of hydrogen-bond acceptors (Lipinski definition) is 1. The Kier molecular flexibility index (Phi) is 3.17. The highest BCUT2D eigenvalue weighted by atomic mass is 14.6. The van der Waals surface area contributed by atoms with E-state index in [1.54, 1.807) is 0 Å². The van der Waals surface area contributed by atoms with Crippen molar-refractivity contribution in [1.82, 2.24) is 4.98 Å². The van der Waals surface area contributed by atoms with Gasteiger partial charge in [0.2, 0.25) is 0 Å². The summed E-state index contributed by atoms with van der Waals surface area (Å²) in [6, 6.07) is 25.1. The molecule has 0 amide bonds. The average Bonchev–Trinajstić information content (AvgIpc) is 2.60. The lowest BCUT2D eigenvalue weighted by Gasteiger charge is -2.06. The monoisotopic (exact) mass is 281 g/mol. The van der Waals surface area contributed by atoms with Gasteiger partial charge in [0, 0.05) is 11.6 Å². The van der Waals surface area contributed by atoms with Crippen molar-refractivity contribution in [2.24, 2.45) is 0 Å². The molecule has 4 aromatic rings. The molecular weight excluding hydrogens is 266 g/mol. The summed E-state index contributed by atoms with van der Waals surface area (Å²) in [7, 11) is 0. The van der Waals surface area contributed by atoms with Crippen molar-refractivity contribution >= 4 is 33.8 Å². The summed E-state index contributed by atoms with van der Waals surface area (Å²) >= 11 is 0. The molecule has 1 heterocycles. The molecule has 0 radical (unpaired) electrons. The van der Waals surface area contributed by atoms with Gasteiger partial charge in [-0.2, -0.15) is 0 Å². The molecule has 1 aromatic heterocycles. The number of pyridine rings is 1. The van der Waals surface area contributed by atoms with Gasteiger partial charge in [-0.3, -0.25) is 4.98 Å². The van der Waals surface area contributed by atoms with E-state index in [4.69, 9.17) is 0 Å². The predicted octanol–water partition coefficient (Wildman–Crippen LogP) is 5.56. The molecule has 4 rings (SSSR count). The minimum absolute atomic E-state index is 1.04. The van der Waals surface area contributed by atoms with Crippen LogP contribution >= 0.6 is 0 Å². The van der Waals surface area contributed by atoms with Gasteiger partial charge in [0.1, 0.15) is 0 Å². The molecule has 3 aromatic carbocycles. The molecule has 0 unspecified atom stereocenters. The van der Waals surface area contributed by atoms with Gasteiger partial charge in [0.05, 0.1) is 5.52 Å². The van der Waals surface area contributed by atoms with Crippen LogP contribution in [0.2, 0.25) is 0 Å². The largest absolute Gasteiger partial charge is 0.256 e. The number of nitrogens with zero attached hydrogens (tertiary/aromatic N) is 1. The highest BCUT2D eigenvalue weighted by Gasteiger charge is 2.04. The molecule has 0 aliphatic carbocycles. The van der Waals surface area contributed by atoms with E-state index in [1.165, 1.54) is 27.3 Å². The summed E-state index contributed by atoms with van der Waals surface area (Å²) in [5, 5.41) is 3.71. The first-order valence-corrected chi connectivity index (χ1v) is 7.41. The van der Waals surface area contributed by atoms with Crippen molar-refractivity contribution in [2.75, 3.05) is 0 Å². The molecule has 22 heavy (non-hydrogen) atoms. The van der Waals surface area contributed by atoms with Crippen LogP contribution in [0.25, 0.3) is 33.8 Å². The maximum atomic E-state index is 4.51. The molecule has 0 spiro atoms. The quantitative estimate of drug-likeness (QED) is 0.438. The lowest BCUT2D eigenvalue weighted by Crippen LogP contribution is -1.85. The van der Waals surface area contributed by atoms with Crippen LogP contribution in [0.3, 0.4) is 0 Å². The maximum Gasteiger partial charge on any atom is 0.0714 e. The van der Waals surface area contributed by atoms with E-state index in [9.17, 15) is 0 Å². The molecule has 0 bridgehead atoms. The minimum Gasteiger partial charge on any atom is -0.256 e. The average molecular weight is 281 g/mol. The number of rotatable bonds is 2. The Morgan fingerprint density at radius 1 is 0.682 bits per heavy atom. The highest BCUT2D eigenvalue weighted by molar-refractivity contribution is 6.10. The Bertz CT molecular complexity index is 969. The fourth-order valence-corrected chi connectivity index (χ4v) is 2.84. The zero-order valence-corrected chi connectivity index (χ0v) is 12.1. The van der Waals surface area contributed by atoms with Crippen molar-refractivity contribution < 1.29 is 0 Å². The van der Waals surface area contributed by atoms with Crippen LogP contribution in [0.4, 0.5) is 0 Å². The van der Waals surface area contributed by atoms with Crippen LogP contribution in [-0.2, 0) is 0 Å². The summed E-state index contributed by atoms with van der Waals surface area (Å²) in [5.74, 6) is 0. The third-order valence-corrected chi connectivity index (χ3v) is 3.92. The first kappa shape index (κ1) is 12.8. The van der Waals surface area contributed by atoms with Crippen LogP contribution in [-0.4, -0.2) is 4.98 Å². The molecule has 0 aliphatic heterocycles. The third kappa shape index (κ3) is 2.27. The summed E-state index contributed by atoms with van der Waals surface area (Å²) in [4.78, 5) is 4.51. The third-order valence-electron chi connectivity index (χ3n) is 3.92. The Hall–Kier alpha value is -2.93. The SMILES string of the molecule is C(=Cc1ccnc2ccc3ccccc3c12)c1ccccc1. The van der Waals surface area contributed by atoms with Gasteiger partial charge in [-0.05, 0) is 34.0 Å². The van der Waals surface area contributed by atoms with E-state index in [0.717, 1.165) is 5.52 Å². The fourth-order valence-electron chi connectivity index (χ4n) is 2.84. The van der Waals surface area contributed by atoms with E-state index >= 15 is 0 Å². The lowest BCUT2D eigenvalue weighted by molar-refractivity contribution is 1.41. The first-order chi connectivity index (χ1) is 10.9. The van der Waals surface area contributed by atoms with E-state index in [-0.39, 0.29) is 0 Å². The van der Waals surface area contributed by atoms with Crippen LogP contribution in [0.1, 0.15) is 11.1 Å². The van der Waals surface area contributed by atoms with E-state index in [1.807, 2.05) is 12.3 Å². The molecule has 1 heteroatoms. The van der Waals surface area contributed by atoms with Gasteiger partial charge in [-0.1, -0.05) is 72.8 Å². The Morgan fingerprint density at radius 2 is 1.50 bits per heavy atom. The topological polar surface area (TPSA) is 12.9 Å². The van der Waals surface area contributed by atoms with Crippen LogP contribution in [0.15, 0.2) is 79.0 Å². The summed E-state index contributed by atoms with van der Waals surface area (Å²) < 4.78 is 0. The normalized spacial score (nSPS) is 11.5. The molecule has 0 aliphatic rings. The van der Waals surface area contributed by atoms with Crippen molar-refractivity contribution in [3.63, 3.8) is 0 Å². The molecule has 0 atom stereocenters. The highest BCUT2D eigenvalue weighted by Crippen LogP contribution is 2.28. The van der Waals surface area contributed by atoms with Crippen molar-refractivity contribution in [3.8, 4) is 0 Å². The Balaban J connectivity index is 1.94. The van der Waals surface area contributed by atoms with Crippen LogP contribution < -0.4 is 0 Å². The number of benzene rings is 3. The first-order valence-electron chi connectivity index (χ1n) is 7.41. The van der Waals surface area contributed by atoms with E-state index in [2.05, 4.69) is 83.9 Å². The second kappa shape index (κ2) is 5.45. The van der Waals surface area contributed by atoms with Crippen molar-refractivity contribution in [3.05, 3.63) is 90.1 Å². The zero-order chi connectivity index (χ0) is 14.8. The lowest BCUT2D eigenvalue weighted by atomic mass is 10.0. The summed E-state index contributed by atoms with van der Waals surface area (Å²) in [6.45, 7) is 0. The van der Waals surface area contributed by atoms with Crippen molar-refractivity contribution in [1.29, 1.82) is 0 Å². The van der Waals surface area contributed by atoms with Crippen molar-refractivity contribution in [2.45, 2.75) is 0 Å².